The lowest BCUT2D eigenvalue weighted by Gasteiger charge is -2.34. The van der Waals surface area contributed by atoms with E-state index >= 15 is 0 Å². The van der Waals surface area contributed by atoms with Crippen LogP contribution in [0.25, 0.3) is 0 Å². The van der Waals surface area contributed by atoms with E-state index in [4.69, 9.17) is 10.5 Å². The van der Waals surface area contributed by atoms with Gasteiger partial charge in [0.1, 0.15) is 0 Å². The number of nitrogens with two attached hydrogens (primary N) is 1. The van der Waals surface area contributed by atoms with Crippen LogP contribution in [-0.4, -0.2) is 19.3 Å². The number of ether oxygens (including phenoxy) is 1. The van der Waals surface area contributed by atoms with Crippen LogP contribution in [-0.2, 0) is 4.74 Å². The van der Waals surface area contributed by atoms with E-state index in [1.807, 2.05) is 0 Å². The molecule has 3 unspecified atom stereocenters. The standard InChI is InChI=1S/C11H23NO/c1-8(2)6-11(12)10-4-5-13-7-9(10)3/h8-11H,4-7,12H2,1-3H3. The maximum absolute atomic E-state index is 6.18. The fourth-order valence-corrected chi connectivity index (χ4v) is 2.25. The second-order valence-corrected chi connectivity index (χ2v) is 4.80. The Bertz CT molecular complexity index is 147. The van der Waals surface area contributed by atoms with Crippen molar-refractivity contribution in [3.8, 4) is 0 Å². The molecule has 2 heteroatoms. The topological polar surface area (TPSA) is 35.2 Å². The summed E-state index contributed by atoms with van der Waals surface area (Å²) in [4.78, 5) is 0. The van der Waals surface area contributed by atoms with Gasteiger partial charge < -0.3 is 10.5 Å². The summed E-state index contributed by atoms with van der Waals surface area (Å²) >= 11 is 0. The van der Waals surface area contributed by atoms with E-state index in [-0.39, 0.29) is 0 Å². The van der Waals surface area contributed by atoms with Crippen LogP contribution in [0.4, 0.5) is 0 Å². The quantitative estimate of drug-likeness (QED) is 0.730. The van der Waals surface area contributed by atoms with Gasteiger partial charge in [-0.05, 0) is 30.6 Å². The largest absolute Gasteiger partial charge is 0.381 e. The van der Waals surface area contributed by atoms with Gasteiger partial charge in [-0.15, -0.1) is 0 Å². The van der Waals surface area contributed by atoms with Crippen LogP contribution in [0.3, 0.4) is 0 Å². The Morgan fingerprint density at radius 2 is 2.15 bits per heavy atom. The highest BCUT2D eigenvalue weighted by atomic mass is 16.5. The molecule has 1 aliphatic heterocycles. The minimum atomic E-state index is 0.374. The van der Waals surface area contributed by atoms with Crippen molar-refractivity contribution in [3.63, 3.8) is 0 Å². The highest BCUT2D eigenvalue weighted by Gasteiger charge is 2.27. The molecule has 2 nitrogen and oxygen atoms in total. The van der Waals surface area contributed by atoms with Gasteiger partial charge in [-0.2, -0.15) is 0 Å². The van der Waals surface area contributed by atoms with Crippen molar-refractivity contribution < 1.29 is 4.74 Å². The zero-order chi connectivity index (χ0) is 9.84. The van der Waals surface area contributed by atoms with Gasteiger partial charge in [0.25, 0.3) is 0 Å². The molecule has 0 spiro atoms. The molecule has 0 amide bonds. The van der Waals surface area contributed by atoms with Gasteiger partial charge >= 0.3 is 0 Å². The first-order valence-electron chi connectivity index (χ1n) is 5.44. The third kappa shape index (κ3) is 3.28. The van der Waals surface area contributed by atoms with Crippen LogP contribution < -0.4 is 5.73 Å². The van der Waals surface area contributed by atoms with Crippen molar-refractivity contribution in [3.05, 3.63) is 0 Å². The molecule has 1 aliphatic rings. The Kier molecular flexibility index (Phi) is 4.20. The fraction of sp³-hybridized carbons (Fsp3) is 1.00. The molecule has 0 saturated carbocycles. The molecule has 78 valence electrons. The Labute approximate surface area is 81.8 Å². The summed E-state index contributed by atoms with van der Waals surface area (Å²) in [5, 5.41) is 0. The Balaban J connectivity index is 2.39. The van der Waals surface area contributed by atoms with E-state index in [2.05, 4.69) is 20.8 Å². The molecular formula is C11H23NO. The highest BCUT2D eigenvalue weighted by Crippen LogP contribution is 2.26. The van der Waals surface area contributed by atoms with Gasteiger partial charge in [0.15, 0.2) is 0 Å². The Morgan fingerprint density at radius 3 is 2.69 bits per heavy atom. The molecule has 1 fully saturated rings. The molecular weight excluding hydrogens is 162 g/mol. The van der Waals surface area contributed by atoms with Crippen molar-refractivity contribution in [2.45, 2.75) is 39.7 Å². The maximum Gasteiger partial charge on any atom is 0.0494 e. The third-order valence-electron chi connectivity index (χ3n) is 3.00. The first-order chi connectivity index (χ1) is 6.11. The monoisotopic (exact) mass is 185 g/mol. The maximum atomic E-state index is 6.18. The summed E-state index contributed by atoms with van der Waals surface area (Å²) in [6, 6.07) is 0.374. The summed E-state index contributed by atoms with van der Waals surface area (Å²) in [7, 11) is 0. The van der Waals surface area contributed by atoms with Gasteiger partial charge in [0.2, 0.25) is 0 Å². The van der Waals surface area contributed by atoms with Gasteiger partial charge in [-0.1, -0.05) is 20.8 Å². The predicted molar refractivity (Wildman–Crippen MR) is 55.5 cm³/mol. The highest BCUT2D eigenvalue weighted by molar-refractivity contribution is 4.80. The van der Waals surface area contributed by atoms with Crippen LogP contribution in [0, 0.1) is 17.8 Å². The summed E-state index contributed by atoms with van der Waals surface area (Å²) in [6.07, 6.45) is 2.30. The SMILES string of the molecule is CC(C)CC(N)C1CCOCC1C. The normalized spacial score (nSPS) is 32.1. The molecule has 1 saturated heterocycles. The minimum Gasteiger partial charge on any atom is -0.381 e. The second-order valence-electron chi connectivity index (χ2n) is 4.80. The van der Waals surface area contributed by atoms with E-state index in [1.54, 1.807) is 0 Å². The molecule has 3 atom stereocenters. The van der Waals surface area contributed by atoms with E-state index in [0.29, 0.717) is 23.8 Å². The zero-order valence-electron chi connectivity index (χ0n) is 9.12. The van der Waals surface area contributed by atoms with Crippen molar-refractivity contribution >= 4 is 0 Å². The minimum absolute atomic E-state index is 0.374. The van der Waals surface area contributed by atoms with Crippen LogP contribution in [0.2, 0.25) is 0 Å². The first kappa shape index (κ1) is 11.0. The Hall–Kier alpha value is -0.0800. The lowest BCUT2D eigenvalue weighted by Crippen LogP contribution is -2.40. The van der Waals surface area contributed by atoms with Crippen LogP contribution in [0.5, 0.6) is 0 Å². The summed E-state index contributed by atoms with van der Waals surface area (Å²) in [6.45, 7) is 8.54. The molecule has 2 N–H and O–H groups in total. The van der Waals surface area contributed by atoms with Gasteiger partial charge in [-0.3, -0.25) is 0 Å². The molecule has 0 radical (unpaired) electrons. The van der Waals surface area contributed by atoms with Gasteiger partial charge in [0.05, 0.1) is 0 Å². The lowest BCUT2D eigenvalue weighted by atomic mass is 9.81. The molecule has 1 heterocycles. The lowest BCUT2D eigenvalue weighted by molar-refractivity contribution is 0.0134. The van der Waals surface area contributed by atoms with Crippen molar-refractivity contribution in [2.75, 3.05) is 13.2 Å². The molecule has 13 heavy (non-hydrogen) atoms. The van der Waals surface area contributed by atoms with E-state index in [9.17, 15) is 0 Å². The zero-order valence-corrected chi connectivity index (χ0v) is 9.12. The van der Waals surface area contributed by atoms with E-state index in [1.165, 1.54) is 0 Å². The molecule has 0 aromatic rings. The van der Waals surface area contributed by atoms with Gasteiger partial charge in [-0.25, -0.2) is 0 Å². The molecule has 0 aromatic heterocycles. The summed E-state index contributed by atoms with van der Waals surface area (Å²) in [5.74, 6) is 2.03. The van der Waals surface area contributed by atoms with Crippen molar-refractivity contribution in [2.24, 2.45) is 23.5 Å². The first-order valence-corrected chi connectivity index (χ1v) is 5.44. The predicted octanol–water partition coefficient (Wildman–Crippen LogP) is 2.03. The summed E-state index contributed by atoms with van der Waals surface area (Å²) in [5.41, 5.74) is 6.18. The fourth-order valence-electron chi connectivity index (χ4n) is 2.25. The van der Waals surface area contributed by atoms with Gasteiger partial charge in [0, 0.05) is 19.3 Å². The third-order valence-corrected chi connectivity index (χ3v) is 3.00. The number of hydrogen-bond donors (Lipinski definition) is 1. The van der Waals surface area contributed by atoms with E-state index < -0.39 is 0 Å². The van der Waals surface area contributed by atoms with Crippen LogP contribution in [0.1, 0.15) is 33.6 Å². The van der Waals surface area contributed by atoms with Crippen molar-refractivity contribution in [1.82, 2.24) is 0 Å². The average molecular weight is 185 g/mol. The summed E-state index contributed by atoms with van der Waals surface area (Å²) < 4.78 is 5.41. The molecule has 0 aliphatic carbocycles. The molecule has 0 aromatic carbocycles. The number of rotatable bonds is 3. The van der Waals surface area contributed by atoms with E-state index in [0.717, 1.165) is 26.1 Å². The number of hydrogen-bond acceptors (Lipinski definition) is 2. The molecule has 0 bridgehead atoms. The smallest absolute Gasteiger partial charge is 0.0494 e. The average Bonchev–Trinajstić information content (AvgIpc) is 2.03. The van der Waals surface area contributed by atoms with Crippen LogP contribution in [0.15, 0.2) is 0 Å². The van der Waals surface area contributed by atoms with Crippen molar-refractivity contribution in [1.29, 1.82) is 0 Å². The Morgan fingerprint density at radius 1 is 1.46 bits per heavy atom. The second kappa shape index (κ2) is 4.97. The van der Waals surface area contributed by atoms with Crippen LogP contribution >= 0.6 is 0 Å². The molecule has 1 rings (SSSR count).